The SMILES string of the molecule is O=C(Nc1ccc2c(c1)CCN(C(=O)O)C2)Nc1ccc(Cl)cc1Cl. The van der Waals surface area contributed by atoms with Gasteiger partial charge in [-0.25, -0.2) is 9.59 Å². The zero-order valence-corrected chi connectivity index (χ0v) is 14.6. The normalized spacial score (nSPS) is 13.1. The van der Waals surface area contributed by atoms with E-state index in [9.17, 15) is 9.59 Å². The van der Waals surface area contributed by atoms with E-state index >= 15 is 0 Å². The number of nitrogens with zero attached hydrogens (tertiary/aromatic N) is 1. The van der Waals surface area contributed by atoms with Crippen LogP contribution in [0.3, 0.4) is 0 Å². The van der Waals surface area contributed by atoms with Crippen molar-refractivity contribution < 1.29 is 14.7 Å². The number of fused-ring (bicyclic) bond motifs is 1. The number of benzene rings is 2. The van der Waals surface area contributed by atoms with Gasteiger partial charge in [-0.15, -0.1) is 0 Å². The lowest BCUT2D eigenvalue weighted by Gasteiger charge is -2.26. The fraction of sp³-hybridized carbons (Fsp3) is 0.176. The molecule has 0 radical (unpaired) electrons. The number of nitrogens with one attached hydrogen (secondary N) is 2. The van der Waals surface area contributed by atoms with Crippen LogP contribution >= 0.6 is 23.2 Å². The molecule has 0 spiro atoms. The third kappa shape index (κ3) is 4.15. The Morgan fingerprint density at radius 2 is 1.84 bits per heavy atom. The Balaban J connectivity index is 1.67. The van der Waals surface area contributed by atoms with Gasteiger partial charge < -0.3 is 20.6 Å². The molecular formula is C17H15Cl2N3O3. The largest absolute Gasteiger partial charge is 0.465 e. The minimum atomic E-state index is -0.924. The van der Waals surface area contributed by atoms with E-state index in [1.807, 2.05) is 12.1 Å². The van der Waals surface area contributed by atoms with E-state index in [2.05, 4.69) is 10.6 Å². The molecule has 1 heterocycles. The molecule has 3 rings (SSSR count). The number of anilines is 2. The maximum absolute atomic E-state index is 12.1. The van der Waals surface area contributed by atoms with E-state index in [0.29, 0.717) is 40.9 Å². The van der Waals surface area contributed by atoms with Crippen molar-refractivity contribution in [2.45, 2.75) is 13.0 Å². The van der Waals surface area contributed by atoms with Gasteiger partial charge in [0, 0.05) is 23.8 Å². The second-order valence-corrected chi connectivity index (χ2v) is 6.48. The molecule has 3 N–H and O–H groups in total. The quantitative estimate of drug-likeness (QED) is 0.708. The maximum Gasteiger partial charge on any atom is 0.407 e. The molecule has 0 fully saturated rings. The van der Waals surface area contributed by atoms with Crippen LogP contribution in [0.15, 0.2) is 36.4 Å². The Bertz CT molecular complexity index is 842. The van der Waals surface area contributed by atoms with Crippen LogP contribution in [-0.4, -0.2) is 28.7 Å². The second kappa shape index (κ2) is 7.21. The molecule has 25 heavy (non-hydrogen) atoms. The van der Waals surface area contributed by atoms with E-state index in [4.69, 9.17) is 28.3 Å². The first-order valence-corrected chi connectivity index (χ1v) is 8.30. The van der Waals surface area contributed by atoms with E-state index in [-0.39, 0.29) is 0 Å². The highest BCUT2D eigenvalue weighted by atomic mass is 35.5. The molecule has 0 bridgehead atoms. The number of urea groups is 1. The second-order valence-electron chi connectivity index (χ2n) is 5.64. The van der Waals surface area contributed by atoms with Gasteiger partial charge in [0.05, 0.1) is 10.7 Å². The molecule has 2 aromatic rings. The van der Waals surface area contributed by atoms with Gasteiger partial charge in [0.2, 0.25) is 0 Å². The van der Waals surface area contributed by atoms with E-state index in [0.717, 1.165) is 11.1 Å². The summed E-state index contributed by atoms with van der Waals surface area (Å²) in [5.41, 5.74) is 3.06. The van der Waals surface area contributed by atoms with Crippen molar-refractivity contribution in [3.63, 3.8) is 0 Å². The lowest BCUT2D eigenvalue weighted by atomic mass is 9.99. The van der Waals surface area contributed by atoms with Crippen molar-refractivity contribution in [3.8, 4) is 0 Å². The van der Waals surface area contributed by atoms with Crippen molar-refractivity contribution >= 4 is 46.7 Å². The van der Waals surface area contributed by atoms with Crippen LogP contribution in [0.5, 0.6) is 0 Å². The summed E-state index contributed by atoms with van der Waals surface area (Å²) in [6, 6.07) is 9.81. The number of carboxylic acid groups (broad SMARTS) is 1. The average Bonchev–Trinajstić information content (AvgIpc) is 2.57. The minimum absolute atomic E-state index is 0.349. The number of halogens is 2. The summed E-state index contributed by atoms with van der Waals surface area (Å²) in [7, 11) is 0. The smallest absolute Gasteiger partial charge is 0.407 e. The monoisotopic (exact) mass is 379 g/mol. The number of hydrogen-bond acceptors (Lipinski definition) is 2. The van der Waals surface area contributed by atoms with Gasteiger partial charge in [0.1, 0.15) is 0 Å². The summed E-state index contributed by atoms with van der Waals surface area (Å²) in [6.45, 7) is 0.801. The van der Waals surface area contributed by atoms with Crippen molar-refractivity contribution in [1.29, 1.82) is 0 Å². The summed E-state index contributed by atoms with van der Waals surface area (Å²) >= 11 is 11.9. The van der Waals surface area contributed by atoms with Gasteiger partial charge in [0.25, 0.3) is 0 Å². The molecule has 0 aliphatic carbocycles. The fourth-order valence-electron chi connectivity index (χ4n) is 2.67. The first-order chi connectivity index (χ1) is 11.9. The van der Waals surface area contributed by atoms with Crippen molar-refractivity contribution in [3.05, 3.63) is 57.6 Å². The first kappa shape index (κ1) is 17.4. The summed E-state index contributed by atoms with van der Waals surface area (Å²) in [5.74, 6) is 0. The molecule has 130 valence electrons. The van der Waals surface area contributed by atoms with Gasteiger partial charge in [0.15, 0.2) is 0 Å². The molecule has 1 aliphatic rings. The van der Waals surface area contributed by atoms with Crippen LogP contribution in [-0.2, 0) is 13.0 Å². The van der Waals surface area contributed by atoms with Crippen LogP contribution < -0.4 is 10.6 Å². The fourth-order valence-corrected chi connectivity index (χ4v) is 3.13. The average molecular weight is 380 g/mol. The lowest BCUT2D eigenvalue weighted by molar-refractivity contribution is 0.140. The van der Waals surface area contributed by atoms with Crippen molar-refractivity contribution in [2.75, 3.05) is 17.2 Å². The Kier molecular flexibility index (Phi) is 5.01. The molecule has 8 heteroatoms. The predicted octanol–water partition coefficient (Wildman–Crippen LogP) is 4.67. The number of rotatable bonds is 2. The number of carbonyl (C=O) groups is 2. The standard InChI is InChI=1S/C17H15Cl2N3O3/c18-12-2-4-15(14(19)8-12)21-16(23)20-13-3-1-11-9-22(17(24)25)6-5-10(11)7-13/h1-4,7-8H,5-6,9H2,(H,24,25)(H2,20,21,23). The molecule has 2 aromatic carbocycles. The number of amides is 3. The zero-order valence-electron chi connectivity index (χ0n) is 13.1. The minimum Gasteiger partial charge on any atom is -0.465 e. The topological polar surface area (TPSA) is 81.7 Å². The molecule has 0 unspecified atom stereocenters. The van der Waals surface area contributed by atoms with Crippen LogP contribution in [0.25, 0.3) is 0 Å². The van der Waals surface area contributed by atoms with E-state index in [1.165, 1.54) is 4.90 Å². The molecule has 0 atom stereocenters. The van der Waals surface area contributed by atoms with Crippen LogP contribution in [0.1, 0.15) is 11.1 Å². The Morgan fingerprint density at radius 1 is 1.04 bits per heavy atom. The number of hydrogen-bond donors (Lipinski definition) is 3. The highest BCUT2D eigenvalue weighted by Gasteiger charge is 2.20. The van der Waals surface area contributed by atoms with Crippen LogP contribution in [0.4, 0.5) is 21.0 Å². The Labute approximate surface area is 154 Å². The summed E-state index contributed by atoms with van der Waals surface area (Å²) in [5, 5.41) is 15.3. The first-order valence-electron chi connectivity index (χ1n) is 7.55. The Hall–Kier alpha value is -2.44. The third-order valence-electron chi connectivity index (χ3n) is 3.93. The molecule has 1 aliphatic heterocycles. The van der Waals surface area contributed by atoms with E-state index in [1.54, 1.807) is 24.3 Å². The highest BCUT2D eigenvalue weighted by molar-refractivity contribution is 6.36. The van der Waals surface area contributed by atoms with Crippen LogP contribution in [0, 0.1) is 0 Å². The van der Waals surface area contributed by atoms with Gasteiger partial charge in [-0.2, -0.15) is 0 Å². The van der Waals surface area contributed by atoms with Gasteiger partial charge in [-0.3, -0.25) is 0 Å². The van der Waals surface area contributed by atoms with Crippen molar-refractivity contribution in [1.82, 2.24) is 4.90 Å². The molecule has 6 nitrogen and oxygen atoms in total. The number of carbonyl (C=O) groups excluding carboxylic acids is 1. The zero-order chi connectivity index (χ0) is 18.0. The van der Waals surface area contributed by atoms with Gasteiger partial charge in [-0.05, 0) is 47.9 Å². The summed E-state index contributed by atoms with van der Waals surface area (Å²) in [4.78, 5) is 24.5. The van der Waals surface area contributed by atoms with Gasteiger partial charge in [-0.1, -0.05) is 29.3 Å². The summed E-state index contributed by atoms with van der Waals surface area (Å²) < 4.78 is 0. The van der Waals surface area contributed by atoms with Crippen molar-refractivity contribution in [2.24, 2.45) is 0 Å². The van der Waals surface area contributed by atoms with E-state index < -0.39 is 12.1 Å². The predicted molar refractivity (Wildman–Crippen MR) is 97.7 cm³/mol. The highest BCUT2D eigenvalue weighted by Crippen LogP contribution is 2.26. The van der Waals surface area contributed by atoms with Crippen LogP contribution in [0.2, 0.25) is 10.0 Å². The molecule has 3 amide bonds. The Morgan fingerprint density at radius 3 is 2.56 bits per heavy atom. The van der Waals surface area contributed by atoms with Gasteiger partial charge >= 0.3 is 12.1 Å². The third-order valence-corrected chi connectivity index (χ3v) is 4.47. The molecular weight excluding hydrogens is 365 g/mol. The maximum atomic E-state index is 12.1. The summed E-state index contributed by atoms with van der Waals surface area (Å²) in [6.07, 6.45) is -0.311. The molecule has 0 aromatic heterocycles. The molecule has 0 saturated carbocycles. The molecule has 0 saturated heterocycles. The lowest BCUT2D eigenvalue weighted by Crippen LogP contribution is -2.34.